The van der Waals surface area contributed by atoms with Gasteiger partial charge in [0.1, 0.15) is 12.2 Å². The van der Waals surface area contributed by atoms with E-state index in [1.807, 2.05) is 0 Å². The van der Waals surface area contributed by atoms with Crippen LogP contribution in [0.2, 0.25) is 0 Å². The molecule has 96 valence electrons. The molecular formula is C9H11BrF3N3O. The average molecular weight is 314 g/mol. The molecule has 0 atom stereocenters. The molecule has 0 fully saturated rings. The molecule has 1 amide bonds. The third kappa shape index (κ3) is 4.37. The molecule has 0 saturated carbocycles. The van der Waals surface area contributed by atoms with Gasteiger partial charge in [0, 0.05) is 25.1 Å². The van der Waals surface area contributed by atoms with E-state index >= 15 is 0 Å². The third-order valence-electron chi connectivity index (χ3n) is 1.94. The highest BCUT2D eigenvalue weighted by Crippen LogP contribution is 2.17. The molecule has 17 heavy (non-hydrogen) atoms. The highest BCUT2D eigenvalue weighted by Gasteiger charge is 2.33. The summed E-state index contributed by atoms with van der Waals surface area (Å²) in [6.07, 6.45) is -1.65. The van der Waals surface area contributed by atoms with E-state index in [-0.39, 0.29) is 17.6 Å². The Morgan fingerprint density at radius 1 is 1.59 bits per heavy atom. The first kappa shape index (κ1) is 14.0. The van der Waals surface area contributed by atoms with Gasteiger partial charge in [-0.1, -0.05) is 15.9 Å². The van der Waals surface area contributed by atoms with Gasteiger partial charge in [0.25, 0.3) is 5.91 Å². The Balaban J connectivity index is 2.80. The Kier molecular flexibility index (Phi) is 4.55. The minimum absolute atomic E-state index is 0.0118. The Bertz CT molecular complexity index is 391. The van der Waals surface area contributed by atoms with Crippen LogP contribution in [-0.4, -0.2) is 45.0 Å². The highest BCUT2D eigenvalue weighted by molar-refractivity contribution is 9.09. The molecule has 1 heterocycles. The van der Waals surface area contributed by atoms with Crippen LogP contribution in [0.1, 0.15) is 10.5 Å². The zero-order chi connectivity index (χ0) is 13.1. The Morgan fingerprint density at radius 3 is 2.65 bits per heavy atom. The first-order chi connectivity index (χ1) is 7.83. The SMILES string of the molecule is Cn1cnc(C(=O)N(CCBr)CC(F)(F)F)c1. The lowest BCUT2D eigenvalue weighted by molar-refractivity contribution is -0.140. The Morgan fingerprint density at radius 2 is 2.24 bits per heavy atom. The molecule has 0 bridgehead atoms. The van der Waals surface area contributed by atoms with Crippen molar-refractivity contribution in [1.82, 2.24) is 14.5 Å². The molecule has 0 N–H and O–H groups in total. The molecule has 0 aliphatic carbocycles. The lowest BCUT2D eigenvalue weighted by Gasteiger charge is -2.22. The number of rotatable bonds is 4. The maximum atomic E-state index is 12.3. The van der Waals surface area contributed by atoms with Crippen molar-refractivity contribution in [2.24, 2.45) is 7.05 Å². The van der Waals surface area contributed by atoms with Crippen LogP contribution >= 0.6 is 15.9 Å². The van der Waals surface area contributed by atoms with E-state index in [2.05, 4.69) is 20.9 Å². The van der Waals surface area contributed by atoms with E-state index in [0.29, 0.717) is 0 Å². The molecule has 1 aromatic heterocycles. The van der Waals surface area contributed by atoms with Gasteiger partial charge in [-0.2, -0.15) is 13.2 Å². The second-order valence-corrected chi connectivity index (χ2v) is 4.25. The van der Waals surface area contributed by atoms with Crippen molar-refractivity contribution < 1.29 is 18.0 Å². The number of aromatic nitrogens is 2. The van der Waals surface area contributed by atoms with Crippen molar-refractivity contribution in [3.8, 4) is 0 Å². The molecule has 0 aliphatic rings. The maximum Gasteiger partial charge on any atom is 0.406 e. The van der Waals surface area contributed by atoms with Crippen LogP contribution < -0.4 is 0 Å². The molecule has 1 aromatic rings. The number of halogens is 4. The summed E-state index contributed by atoms with van der Waals surface area (Å²) >= 11 is 3.02. The van der Waals surface area contributed by atoms with E-state index in [9.17, 15) is 18.0 Å². The minimum Gasteiger partial charge on any atom is -0.340 e. The zero-order valence-corrected chi connectivity index (χ0v) is 10.6. The summed E-state index contributed by atoms with van der Waals surface area (Å²) in [5.74, 6) is -0.720. The van der Waals surface area contributed by atoms with Gasteiger partial charge in [-0.05, 0) is 0 Å². The van der Waals surface area contributed by atoms with Crippen LogP contribution in [-0.2, 0) is 7.05 Å². The number of alkyl halides is 4. The van der Waals surface area contributed by atoms with Gasteiger partial charge in [0.15, 0.2) is 0 Å². The van der Waals surface area contributed by atoms with Crippen LogP contribution in [0.5, 0.6) is 0 Å². The van der Waals surface area contributed by atoms with Crippen LogP contribution in [0.4, 0.5) is 13.2 Å². The molecule has 0 spiro atoms. The van der Waals surface area contributed by atoms with Gasteiger partial charge in [-0.3, -0.25) is 4.79 Å². The number of hydrogen-bond acceptors (Lipinski definition) is 2. The normalized spacial score (nSPS) is 11.6. The van der Waals surface area contributed by atoms with Gasteiger partial charge >= 0.3 is 6.18 Å². The predicted octanol–water partition coefficient (Wildman–Crippen LogP) is 1.82. The fraction of sp³-hybridized carbons (Fsp3) is 0.556. The van der Waals surface area contributed by atoms with Crippen LogP contribution in [0.25, 0.3) is 0 Å². The molecule has 0 aromatic carbocycles. The van der Waals surface area contributed by atoms with Crippen LogP contribution in [0.3, 0.4) is 0 Å². The molecule has 0 saturated heterocycles. The minimum atomic E-state index is -4.41. The van der Waals surface area contributed by atoms with E-state index in [1.165, 1.54) is 17.1 Å². The summed E-state index contributed by atoms with van der Waals surface area (Å²) in [7, 11) is 1.64. The highest BCUT2D eigenvalue weighted by atomic mass is 79.9. The summed E-state index contributed by atoms with van der Waals surface area (Å²) in [4.78, 5) is 16.2. The van der Waals surface area contributed by atoms with Crippen molar-refractivity contribution in [3.05, 3.63) is 18.2 Å². The van der Waals surface area contributed by atoms with Gasteiger partial charge in [-0.25, -0.2) is 4.98 Å². The van der Waals surface area contributed by atoms with Gasteiger partial charge in [0.05, 0.1) is 6.33 Å². The maximum absolute atomic E-state index is 12.3. The number of aryl methyl sites for hydroxylation is 1. The predicted molar refractivity (Wildman–Crippen MR) is 59.0 cm³/mol. The van der Waals surface area contributed by atoms with Crippen molar-refractivity contribution in [2.45, 2.75) is 6.18 Å². The number of carbonyl (C=O) groups excluding carboxylic acids is 1. The van der Waals surface area contributed by atoms with E-state index in [1.54, 1.807) is 7.05 Å². The summed E-state index contributed by atoms with van der Waals surface area (Å²) in [5.41, 5.74) is 0.0118. The standard InChI is InChI=1S/C9H11BrF3N3O/c1-15-4-7(14-6-15)8(17)16(3-2-10)5-9(11,12)13/h4,6H,2-3,5H2,1H3. The topological polar surface area (TPSA) is 38.1 Å². The van der Waals surface area contributed by atoms with E-state index in [0.717, 1.165) is 4.90 Å². The number of carbonyl (C=O) groups is 1. The van der Waals surface area contributed by atoms with Crippen LogP contribution in [0.15, 0.2) is 12.5 Å². The average Bonchev–Trinajstić information content (AvgIpc) is 2.61. The smallest absolute Gasteiger partial charge is 0.340 e. The van der Waals surface area contributed by atoms with E-state index < -0.39 is 18.6 Å². The molecule has 8 heteroatoms. The number of imidazole rings is 1. The number of hydrogen-bond donors (Lipinski definition) is 0. The second-order valence-electron chi connectivity index (χ2n) is 3.46. The monoisotopic (exact) mass is 313 g/mol. The molecular weight excluding hydrogens is 303 g/mol. The first-order valence-corrected chi connectivity index (χ1v) is 5.85. The quantitative estimate of drug-likeness (QED) is 0.795. The Hall–Kier alpha value is -1.05. The number of amides is 1. The Labute approximate surface area is 105 Å². The third-order valence-corrected chi connectivity index (χ3v) is 2.29. The van der Waals surface area contributed by atoms with Gasteiger partial charge < -0.3 is 9.47 Å². The molecule has 0 radical (unpaired) electrons. The first-order valence-electron chi connectivity index (χ1n) is 4.73. The largest absolute Gasteiger partial charge is 0.406 e. The van der Waals surface area contributed by atoms with Gasteiger partial charge in [0.2, 0.25) is 0 Å². The fourth-order valence-electron chi connectivity index (χ4n) is 1.26. The summed E-state index contributed by atoms with van der Waals surface area (Å²) in [6, 6.07) is 0. The number of nitrogens with zero attached hydrogens (tertiary/aromatic N) is 3. The van der Waals surface area contributed by atoms with Gasteiger partial charge in [-0.15, -0.1) is 0 Å². The molecule has 0 unspecified atom stereocenters. The van der Waals surface area contributed by atoms with Crippen molar-refractivity contribution >= 4 is 21.8 Å². The molecule has 4 nitrogen and oxygen atoms in total. The van der Waals surface area contributed by atoms with Crippen LogP contribution in [0, 0.1) is 0 Å². The lowest BCUT2D eigenvalue weighted by atomic mass is 10.3. The summed E-state index contributed by atoms with van der Waals surface area (Å²) in [6.45, 7) is -1.29. The molecule has 1 rings (SSSR count). The summed E-state index contributed by atoms with van der Waals surface area (Å²) < 4.78 is 38.3. The fourth-order valence-corrected chi connectivity index (χ4v) is 1.68. The summed E-state index contributed by atoms with van der Waals surface area (Å²) in [5, 5.41) is 0.279. The van der Waals surface area contributed by atoms with E-state index in [4.69, 9.17) is 0 Å². The van der Waals surface area contributed by atoms with Crippen molar-refractivity contribution in [2.75, 3.05) is 18.4 Å². The van der Waals surface area contributed by atoms with Crippen molar-refractivity contribution in [3.63, 3.8) is 0 Å². The molecule has 0 aliphatic heterocycles. The van der Waals surface area contributed by atoms with Crippen molar-refractivity contribution in [1.29, 1.82) is 0 Å². The zero-order valence-electron chi connectivity index (χ0n) is 9.04. The lowest BCUT2D eigenvalue weighted by Crippen LogP contribution is -2.40. The second kappa shape index (κ2) is 5.52.